The quantitative estimate of drug-likeness (QED) is 0.399. The van der Waals surface area contributed by atoms with Crippen LogP contribution in [0.5, 0.6) is 0 Å². The highest BCUT2D eigenvalue weighted by Crippen LogP contribution is 2.44. The standard InChI is InChI=1S/C25H18O/c1-3-9-18(10-4-1)22-17-23(19-11-5-2-6-12-19)25(24-15-8-16-26-24)21-14-7-13-20(21)22/h1-12,14-17H,13H2. The van der Waals surface area contributed by atoms with Crippen molar-refractivity contribution >= 4 is 6.08 Å². The predicted octanol–water partition coefficient (Wildman–Crippen LogP) is 6.85. The maximum Gasteiger partial charge on any atom is 0.135 e. The van der Waals surface area contributed by atoms with E-state index < -0.39 is 0 Å². The molecule has 1 aliphatic carbocycles. The van der Waals surface area contributed by atoms with Gasteiger partial charge in [-0.05, 0) is 58.0 Å². The summed E-state index contributed by atoms with van der Waals surface area (Å²) in [5.74, 6) is 0.922. The molecule has 0 radical (unpaired) electrons. The molecule has 0 atom stereocenters. The van der Waals surface area contributed by atoms with Crippen LogP contribution in [-0.4, -0.2) is 0 Å². The van der Waals surface area contributed by atoms with E-state index >= 15 is 0 Å². The predicted molar refractivity (Wildman–Crippen MR) is 108 cm³/mol. The Hall–Kier alpha value is -3.32. The molecule has 0 bridgehead atoms. The van der Waals surface area contributed by atoms with Gasteiger partial charge in [-0.15, -0.1) is 0 Å². The molecule has 1 aliphatic rings. The summed E-state index contributed by atoms with van der Waals surface area (Å²) in [6.07, 6.45) is 7.20. The molecule has 0 unspecified atom stereocenters. The highest BCUT2D eigenvalue weighted by atomic mass is 16.3. The third kappa shape index (κ3) is 2.41. The van der Waals surface area contributed by atoms with Crippen molar-refractivity contribution in [3.63, 3.8) is 0 Å². The van der Waals surface area contributed by atoms with Gasteiger partial charge in [0.05, 0.1) is 6.26 Å². The summed E-state index contributed by atoms with van der Waals surface area (Å²) in [5, 5.41) is 0. The van der Waals surface area contributed by atoms with E-state index in [0.29, 0.717) is 0 Å². The van der Waals surface area contributed by atoms with E-state index in [1.165, 1.54) is 38.9 Å². The van der Waals surface area contributed by atoms with Crippen LogP contribution < -0.4 is 0 Å². The van der Waals surface area contributed by atoms with Gasteiger partial charge in [0.1, 0.15) is 5.76 Å². The fourth-order valence-electron chi connectivity index (χ4n) is 3.85. The lowest BCUT2D eigenvalue weighted by atomic mass is 9.86. The van der Waals surface area contributed by atoms with Crippen LogP contribution in [-0.2, 0) is 6.42 Å². The number of fused-ring (bicyclic) bond motifs is 1. The topological polar surface area (TPSA) is 13.1 Å². The summed E-state index contributed by atoms with van der Waals surface area (Å²) in [5.41, 5.74) is 8.83. The zero-order valence-corrected chi connectivity index (χ0v) is 14.4. The van der Waals surface area contributed by atoms with E-state index in [4.69, 9.17) is 4.42 Å². The number of furan rings is 1. The van der Waals surface area contributed by atoms with Gasteiger partial charge in [0, 0.05) is 5.56 Å². The molecule has 1 heteroatoms. The van der Waals surface area contributed by atoms with Crippen LogP contribution in [0, 0.1) is 0 Å². The smallest absolute Gasteiger partial charge is 0.135 e. The summed E-state index contributed by atoms with van der Waals surface area (Å²) in [6, 6.07) is 27.6. The molecule has 5 rings (SSSR count). The first-order valence-corrected chi connectivity index (χ1v) is 8.93. The Bertz CT molecular complexity index is 1070. The molecular weight excluding hydrogens is 316 g/mol. The molecule has 0 saturated heterocycles. The summed E-state index contributed by atoms with van der Waals surface area (Å²) < 4.78 is 5.82. The summed E-state index contributed by atoms with van der Waals surface area (Å²) in [6.45, 7) is 0. The Balaban J connectivity index is 1.86. The second-order valence-corrected chi connectivity index (χ2v) is 6.55. The minimum Gasteiger partial charge on any atom is -0.464 e. The van der Waals surface area contributed by atoms with E-state index in [0.717, 1.165) is 12.2 Å². The Labute approximate surface area is 153 Å². The molecule has 1 aromatic heterocycles. The van der Waals surface area contributed by atoms with Crippen molar-refractivity contribution in [3.05, 3.63) is 102 Å². The highest BCUT2D eigenvalue weighted by molar-refractivity contribution is 5.95. The van der Waals surface area contributed by atoms with Gasteiger partial charge in [-0.25, -0.2) is 0 Å². The number of hydrogen-bond donors (Lipinski definition) is 0. The normalized spacial score (nSPS) is 12.3. The SMILES string of the molecule is C1=Cc2c(c(-c3ccccc3)cc(-c3ccccc3)c2-c2ccco2)C1. The van der Waals surface area contributed by atoms with Gasteiger partial charge < -0.3 is 4.42 Å². The van der Waals surface area contributed by atoms with Crippen LogP contribution in [0.3, 0.4) is 0 Å². The van der Waals surface area contributed by atoms with Gasteiger partial charge in [-0.2, -0.15) is 0 Å². The molecule has 1 heterocycles. The third-order valence-corrected chi connectivity index (χ3v) is 5.02. The fourth-order valence-corrected chi connectivity index (χ4v) is 3.85. The van der Waals surface area contributed by atoms with Crippen molar-refractivity contribution in [1.82, 2.24) is 0 Å². The number of hydrogen-bond acceptors (Lipinski definition) is 1. The molecule has 0 amide bonds. The van der Waals surface area contributed by atoms with Crippen LogP contribution in [0.4, 0.5) is 0 Å². The van der Waals surface area contributed by atoms with Crippen molar-refractivity contribution in [3.8, 4) is 33.6 Å². The Kier molecular flexibility index (Phi) is 3.57. The van der Waals surface area contributed by atoms with Crippen molar-refractivity contribution in [1.29, 1.82) is 0 Å². The van der Waals surface area contributed by atoms with Gasteiger partial charge in [-0.3, -0.25) is 0 Å². The minimum atomic E-state index is 0.922. The lowest BCUT2D eigenvalue weighted by Crippen LogP contribution is -1.96. The maximum atomic E-state index is 5.82. The van der Waals surface area contributed by atoms with E-state index in [1.54, 1.807) is 6.26 Å². The van der Waals surface area contributed by atoms with Crippen LogP contribution in [0.15, 0.2) is 95.6 Å². The lowest BCUT2D eigenvalue weighted by molar-refractivity contribution is 0.582. The minimum absolute atomic E-state index is 0.922. The number of allylic oxidation sites excluding steroid dienone is 1. The molecule has 0 fully saturated rings. The Morgan fingerprint density at radius 1 is 0.692 bits per heavy atom. The van der Waals surface area contributed by atoms with Crippen LogP contribution in [0.25, 0.3) is 39.7 Å². The van der Waals surface area contributed by atoms with Crippen LogP contribution >= 0.6 is 0 Å². The molecular formula is C25H18O. The van der Waals surface area contributed by atoms with Gasteiger partial charge in [0.15, 0.2) is 0 Å². The van der Waals surface area contributed by atoms with Crippen molar-refractivity contribution in [2.24, 2.45) is 0 Å². The molecule has 3 aromatic carbocycles. The maximum absolute atomic E-state index is 5.82. The molecule has 124 valence electrons. The summed E-state index contributed by atoms with van der Waals surface area (Å²) in [7, 11) is 0. The number of benzene rings is 3. The van der Waals surface area contributed by atoms with E-state index in [2.05, 4.69) is 84.9 Å². The molecule has 1 nitrogen and oxygen atoms in total. The lowest BCUT2D eigenvalue weighted by Gasteiger charge is -2.18. The van der Waals surface area contributed by atoms with Gasteiger partial charge >= 0.3 is 0 Å². The highest BCUT2D eigenvalue weighted by Gasteiger charge is 2.22. The van der Waals surface area contributed by atoms with Gasteiger partial charge in [-0.1, -0.05) is 72.8 Å². The second kappa shape index (κ2) is 6.20. The van der Waals surface area contributed by atoms with Crippen molar-refractivity contribution in [2.45, 2.75) is 6.42 Å². The first-order chi connectivity index (χ1) is 12.9. The van der Waals surface area contributed by atoms with Gasteiger partial charge in [0.25, 0.3) is 0 Å². The molecule has 26 heavy (non-hydrogen) atoms. The van der Waals surface area contributed by atoms with E-state index in [9.17, 15) is 0 Å². The zero-order valence-electron chi connectivity index (χ0n) is 14.4. The average Bonchev–Trinajstić information content (AvgIpc) is 3.40. The first kappa shape index (κ1) is 15.0. The molecule has 0 saturated carbocycles. The Morgan fingerprint density at radius 3 is 2.04 bits per heavy atom. The van der Waals surface area contributed by atoms with E-state index in [1.807, 2.05) is 6.07 Å². The largest absolute Gasteiger partial charge is 0.464 e. The summed E-state index contributed by atoms with van der Waals surface area (Å²) in [4.78, 5) is 0. The molecule has 4 aromatic rings. The molecule has 0 N–H and O–H groups in total. The number of rotatable bonds is 3. The third-order valence-electron chi connectivity index (χ3n) is 5.02. The van der Waals surface area contributed by atoms with Crippen molar-refractivity contribution in [2.75, 3.05) is 0 Å². The second-order valence-electron chi connectivity index (χ2n) is 6.55. The fraction of sp³-hybridized carbons (Fsp3) is 0.0400. The molecule has 0 spiro atoms. The monoisotopic (exact) mass is 334 g/mol. The van der Waals surface area contributed by atoms with E-state index in [-0.39, 0.29) is 0 Å². The Morgan fingerprint density at radius 2 is 1.38 bits per heavy atom. The summed E-state index contributed by atoms with van der Waals surface area (Å²) >= 11 is 0. The average molecular weight is 334 g/mol. The van der Waals surface area contributed by atoms with Gasteiger partial charge in [0.2, 0.25) is 0 Å². The van der Waals surface area contributed by atoms with Crippen LogP contribution in [0.1, 0.15) is 11.1 Å². The first-order valence-electron chi connectivity index (χ1n) is 8.93. The van der Waals surface area contributed by atoms with Crippen molar-refractivity contribution < 1.29 is 4.42 Å². The van der Waals surface area contributed by atoms with Crippen LogP contribution in [0.2, 0.25) is 0 Å². The molecule has 0 aliphatic heterocycles. The zero-order chi connectivity index (χ0) is 17.3.